The Morgan fingerprint density at radius 2 is 1.68 bits per heavy atom. The molecule has 1 heterocycles. The van der Waals surface area contributed by atoms with Crippen molar-refractivity contribution in [2.75, 3.05) is 14.2 Å². The van der Waals surface area contributed by atoms with Crippen molar-refractivity contribution in [1.29, 1.82) is 0 Å². The third-order valence-corrected chi connectivity index (χ3v) is 3.56. The van der Waals surface area contributed by atoms with Crippen molar-refractivity contribution in [3.63, 3.8) is 0 Å². The highest BCUT2D eigenvalue weighted by Gasteiger charge is 2.20. The van der Waals surface area contributed by atoms with Crippen LogP contribution >= 0.6 is 0 Å². The molecule has 3 aromatic rings. The summed E-state index contributed by atoms with van der Waals surface area (Å²) in [5.74, 6) is 0.684. The number of nitrogens with zero attached hydrogens (tertiary/aromatic N) is 1. The molecule has 128 valence electrons. The van der Waals surface area contributed by atoms with Gasteiger partial charge < -0.3 is 18.6 Å². The van der Waals surface area contributed by atoms with E-state index in [1.54, 1.807) is 18.2 Å². The molecule has 0 aliphatic rings. The number of carbonyl (C=O) groups is 1. The molecule has 0 saturated carbocycles. The summed E-state index contributed by atoms with van der Waals surface area (Å²) in [7, 11) is 2.96. The van der Waals surface area contributed by atoms with Gasteiger partial charge in [0.25, 0.3) is 0 Å². The van der Waals surface area contributed by atoms with Crippen LogP contribution in [-0.4, -0.2) is 25.2 Å². The van der Waals surface area contributed by atoms with Crippen molar-refractivity contribution in [3.05, 3.63) is 66.1 Å². The summed E-state index contributed by atoms with van der Waals surface area (Å²) in [5, 5.41) is 0. The minimum absolute atomic E-state index is 0.0175. The highest BCUT2D eigenvalue weighted by Crippen LogP contribution is 2.29. The Morgan fingerprint density at radius 1 is 1.00 bits per heavy atom. The quantitative estimate of drug-likeness (QED) is 0.638. The van der Waals surface area contributed by atoms with Crippen molar-refractivity contribution in [2.45, 2.75) is 6.61 Å². The number of hydrogen-bond acceptors (Lipinski definition) is 6. The number of rotatable bonds is 6. The van der Waals surface area contributed by atoms with Crippen LogP contribution in [0.25, 0.3) is 11.5 Å². The van der Waals surface area contributed by atoms with Crippen LogP contribution < -0.4 is 9.47 Å². The summed E-state index contributed by atoms with van der Waals surface area (Å²) in [6.07, 6.45) is 1.47. The molecule has 0 spiro atoms. The summed E-state index contributed by atoms with van der Waals surface area (Å²) < 4.78 is 21.2. The van der Waals surface area contributed by atoms with E-state index in [9.17, 15) is 4.79 Å². The summed E-state index contributed by atoms with van der Waals surface area (Å²) in [5.41, 5.74) is 1.60. The van der Waals surface area contributed by atoms with Gasteiger partial charge in [0.1, 0.15) is 35.6 Å². The van der Waals surface area contributed by atoms with Gasteiger partial charge in [-0.15, -0.1) is 0 Å². The maximum atomic E-state index is 12.4. The number of esters is 1. The second-order valence-corrected chi connectivity index (χ2v) is 5.12. The maximum absolute atomic E-state index is 12.4. The molecule has 0 radical (unpaired) electrons. The molecule has 25 heavy (non-hydrogen) atoms. The van der Waals surface area contributed by atoms with Crippen molar-refractivity contribution < 1.29 is 23.4 Å². The molecule has 6 heteroatoms. The molecule has 0 bridgehead atoms. The Kier molecular flexibility index (Phi) is 4.99. The smallest absolute Gasteiger partial charge is 0.346 e. The topological polar surface area (TPSA) is 70.8 Å². The lowest BCUT2D eigenvalue weighted by molar-refractivity contribution is 0.0460. The lowest BCUT2D eigenvalue weighted by Gasteiger charge is -2.11. The second kappa shape index (κ2) is 7.53. The average molecular weight is 339 g/mol. The van der Waals surface area contributed by atoms with E-state index < -0.39 is 5.97 Å². The minimum atomic E-state index is -0.557. The fourth-order valence-electron chi connectivity index (χ4n) is 2.35. The lowest BCUT2D eigenvalue weighted by atomic mass is 10.2. The zero-order valence-corrected chi connectivity index (χ0v) is 13.9. The molecule has 0 aliphatic heterocycles. The third kappa shape index (κ3) is 3.63. The van der Waals surface area contributed by atoms with E-state index in [-0.39, 0.29) is 12.2 Å². The van der Waals surface area contributed by atoms with Crippen LogP contribution in [0.3, 0.4) is 0 Å². The second-order valence-electron chi connectivity index (χ2n) is 5.12. The van der Waals surface area contributed by atoms with Crippen molar-refractivity contribution in [3.8, 4) is 23.0 Å². The first kappa shape index (κ1) is 16.6. The normalized spacial score (nSPS) is 10.3. The lowest BCUT2D eigenvalue weighted by Crippen LogP contribution is -2.09. The molecule has 3 rings (SSSR count). The molecule has 0 saturated heterocycles. The van der Waals surface area contributed by atoms with Gasteiger partial charge in [-0.3, -0.25) is 0 Å². The number of benzene rings is 2. The zero-order chi connectivity index (χ0) is 17.6. The predicted molar refractivity (Wildman–Crippen MR) is 90.6 cm³/mol. The minimum Gasteiger partial charge on any atom is -0.496 e. The van der Waals surface area contributed by atoms with Crippen LogP contribution in [0.5, 0.6) is 11.5 Å². The monoisotopic (exact) mass is 339 g/mol. The standard InChI is InChI=1S/C19H17NO5/c1-22-15-9-6-10-16(23-2)17(15)19(21)25-12-14-11-24-18(20-14)13-7-4-3-5-8-13/h3-11H,12H2,1-2H3. The van der Waals surface area contributed by atoms with Gasteiger partial charge in [-0.2, -0.15) is 0 Å². The molecular formula is C19H17NO5. The van der Waals surface area contributed by atoms with E-state index in [1.807, 2.05) is 30.3 Å². The van der Waals surface area contributed by atoms with Crippen LogP contribution in [0.1, 0.15) is 16.1 Å². The van der Waals surface area contributed by atoms with Crippen LogP contribution in [0.4, 0.5) is 0 Å². The molecule has 0 aliphatic carbocycles. The van der Waals surface area contributed by atoms with E-state index in [0.29, 0.717) is 23.1 Å². The summed E-state index contributed by atoms with van der Waals surface area (Å²) in [6, 6.07) is 14.6. The number of aromatic nitrogens is 1. The molecule has 0 atom stereocenters. The fraction of sp³-hybridized carbons (Fsp3) is 0.158. The molecule has 2 aromatic carbocycles. The molecule has 1 aromatic heterocycles. The zero-order valence-electron chi connectivity index (χ0n) is 13.9. The van der Waals surface area contributed by atoms with Crippen LogP contribution in [-0.2, 0) is 11.3 Å². The SMILES string of the molecule is COc1cccc(OC)c1C(=O)OCc1coc(-c2ccccc2)n1. The average Bonchev–Trinajstić information content (AvgIpc) is 3.15. The first-order chi connectivity index (χ1) is 12.2. The molecular weight excluding hydrogens is 322 g/mol. The molecule has 6 nitrogen and oxygen atoms in total. The van der Waals surface area contributed by atoms with Gasteiger partial charge in [-0.25, -0.2) is 9.78 Å². The van der Waals surface area contributed by atoms with Crippen molar-refractivity contribution in [2.24, 2.45) is 0 Å². The summed E-state index contributed by atoms with van der Waals surface area (Å²) in [4.78, 5) is 16.7. The van der Waals surface area contributed by atoms with E-state index in [1.165, 1.54) is 20.5 Å². The van der Waals surface area contributed by atoms with Gasteiger partial charge in [0.05, 0.1) is 14.2 Å². The molecule has 0 unspecified atom stereocenters. The number of hydrogen-bond donors (Lipinski definition) is 0. The Balaban J connectivity index is 1.72. The first-order valence-electron chi connectivity index (χ1n) is 7.61. The Labute approximate surface area is 145 Å². The highest BCUT2D eigenvalue weighted by molar-refractivity contribution is 5.95. The fourth-order valence-corrected chi connectivity index (χ4v) is 2.35. The van der Waals surface area contributed by atoms with Crippen LogP contribution in [0.15, 0.2) is 59.2 Å². The van der Waals surface area contributed by atoms with Gasteiger partial charge in [0.2, 0.25) is 5.89 Å². The number of carbonyl (C=O) groups excluding carboxylic acids is 1. The Bertz CT molecular complexity index is 835. The Morgan fingerprint density at radius 3 is 2.32 bits per heavy atom. The predicted octanol–water partition coefficient (Wildman–Crippen LogP) is 3.72. The first-order valence-corrected chi connectivity index (χ1v) is 7.61. The Hall–Kier alpha value is -3.28. The number of oxazole rings is 1. The van der Waals surface area contributed by atoms with Crippen LogP contribution in [0, 0.1) is 0 Å². The van der Waals surface area contributed by atoms with Gasteiger partial charge >= 0.3 is 5.97 Å². The van der Waals surface area contributed by atoms with Crippen molar-refractivity contribution >= 4 is 5.97 Å². The summed E-state index contributed by atoms with van der Waals surface area (Å²) in [6.45, 7) is -0.0175. The van der Waals surface area contributed by atoms with Gasteiger partial charge in [0.15, 0.2) is 0 Å². The largest absolute Gasteiger partial charge is 0.496 e. The highest BCUT2D eigenvalue weighted by atomic mass is 16.5. The van der Waals surface area contributed by atoms with Gasteiger partial charge in [0, 0.05) is 5.56 Å². The molecule has 0 N–H and O–H groups in total. The summed E-state index contributed by atoms with van der Waals surface area (Å²) >= 11 is 0. The van der Waals surface area contributed by atoms with Gasteiger partial charge in [-0.1, -0.05) is 24.3 Å². The third-order valence-electron chi connectivity index (χ3n) is 3.56. The molecule has 0 fully saturated rings. The maximum Gasteiger partial charge on any atom is 0.346 e. The van der Waals surface area contributed by atoms with Crippen molar-refractivity contribution in [1.82, 2.24) is 4.98 Å². The number of ether oxygens (including phenoxy) is 3. The number of methoxy groups -OCH3 is 2. The van der Waals surface area contributed by atoms with E-state index in [0.717, 1.165) is 5.56 Å². The van der Waals surface area contributed by atoms with Gasteiger partial charge in [-0.05, 0) is 24.3 Å². The van der Waals surface area contributed by atoms with E-state index in [4.69, 9.17) is 18.6 Å². The van der Waals surface area contributed by atoms with Crippen LogP contribution in [0.2, 0.25) is 0 Å². The van der Waals surface area contributed by atoms with E-state index >= 15 is 0 Å². The molecule has 0 amide bonds. The van der Waals surface area contributed by atoms with E-state index in [2.05, 4.69) is 4.98 Å².